The molecule has 1 aromatic heterocycles. The van der Waals surface area contributed by atoms with Crippen LogP contribution in [0.1, 0.15) is 11.1 Å². The van der Waals surface area contributed by atoms with Crippen molar-refractivity contribution < 1.29 is 27.4 Å². The minimum atomic E-state index is -4.40. The zero-order chi connectivity index (χ0) is 19.7. The van der Waals surface area contributed by atoms with Gasteiger partial charge >= 0.3 is 6.18 Å². The normalized spacial score (nSPS) is 12.8. The molecule has 144 valence electrons. The van der Waals surface area contributed by atoms with Gasteiger partial charge in [-0.05, 0) is 35.9 Å². The molecule has 2 heterocycles. The molecular weight excluding hydrogens is 393 g/mol. The fourth-order valence-corrected chi connectivity index (χ4v) is 3.42. The summed E-state index contributed by atoms with van der Waals surface area (Å²) < 4.78 is 48.4. The highest BCUT2D eigenvalue weighted by molar-refractivity contribution is 7.14. The Morgan fingerprint density at radius 3 is 2.61 bits per heavy atom. The van der Waals surface area contributed by atoms with Crippen molar-refractivity contribution in [2.24, 2.45) is 0 Å². The Labute approximate surface area is 161 Å². The van der Waals surface area contributed by atoms with Crippen LogP contribution in [0.25, 0.3) is 11.3 Å². The number of ether oxygens (including phenoxy) is 2. The van der Waals surface area contributed by atoms with Crippen molar-refractivity contribution in [3.63, 3.8) is 0 Å². The van der Waals surface area contributed by atoms with E-state index in [1.807, 2.05) is 12.1 Å². The number of halogens is 3. The van der Waals surface area contributed by atoms with Crippen LogP contribution in [0.5, 0.6) is 11.5 Å². The van der Waals surface area contributed by atoms with Gasteiger partial charge in [0.1, 0.15) is 0 Å². The van der Waals surface area contributed by atoms with Gasteiger partial charge in [0.15, 0.2) is 16.6 Å². The van der Waals surface area contributed by atoms with E-state index in [4.69, 9.17) is 9.47 Å². The fourth-order valence-electron chi connectivity index (χ4n) is 2.68. The Bertz CT molecular complexity index is 1020. The summed E-state index contributed by atoms with van der Waals surface area (Å²) in [6.07, 6.45) is -4.44. The zero-order valence-electron chi connectivity index (χ0n) is 14.2. The summed E-state index contributed by atoms with van der Waals surface area (Å²) in [5, 5.41) is 4.87. The summed E-state index contributed by atoms with van der Waals surface area (Å²) >= 11 is 1.26. The first-order valence-corrected chi connectivity index (χ1v) is 9.08. The van der Waals surface area contributed by atoms with Crippen LogP contribution in [-0.2, 0) is 17.4 Å². The van der Waals surface area contributed by atoms with Crippen molar-refractivity contribution in [3.8, 4) is 22.8 Å². The summed E-state index contributed by atoms with van der Waals surface area (Å²) in [6, 6.07) is 9.96. The lowest BCUT2D eigenvalue weighted by Crippen LogP contribution is -2.14. The number of nitrogens with one attached hydrogen (secondary N) is 1. The maximum Gasteiger partial charge on any atom is 0.416 e. The van der Waals surface area contributed by atoms with Crippen molar-refractivity contribution in [1.29, 1.82) is 0 Å². The molecule has 5 nitrogen and oxygen atoms in total. The van der Waals surface area contributed by atoms with E-state index >= 15 is 0 Å². The average Bonchev–Trinajstić information content (AvgIpc) is 3.29. The van der Waals surface area contributed by atoms with Gasteiger partial charge in [0, 0.05) is 10.9 Å². The number of anilines is 1. The molecule has 0 aliphatic carbocycles. The molecule has 0 atom stereocenters. The third-order valence-electron chi connectivity index (χ3n) is 4.06. The number of hydrogen-bond donors (Lipinski definition) is 1. The molecule has 1 aliphatic heterocycles. The van der Waals surface area contributed by atoms with Crippen molar-refractivity contribution in [2.75, 3.05) is 12.1 Å². The molecule has 0 bridgehead atoms. The molecule has 1 N–H and O–H groups in total. The topological polar surface area (TPSA) is 60.5 Å². The van der Waals surface area contributed by atoms with E-state index < -0.39 is 11.7 Å². The number of fused-ring (bicyclic) bond motifs is 1. The van der Waals surface area contributed by atoms with Crippen LogP contribution < -0.4 is 14.8 Å². The summed E-state index contributed by atoms with van der Waals surface area (Å²) in [5.41, 5.74) is 1.24. The van der Waals surface area contributed by atoms with Gasteiger partial charge in [0.25, 0.3) is 0 Å². The van der Waals surface area contributed by atoms with Crippen molar-refractivity contribution >= 4 is 22.4 Å². The number of aromatic nitrogens is 1. The Morgan fingerprint density at radius 2 is 1.86 bits per heavy atom. The molecule has 9 heteroatoms. The Kier molecular flexibility index (Phi) is 4.68. The first-order valence-electron chi connectivity index (χ1n) is 8.20. The van der Waals surface area contributed by atoms with Gasteiger partial charge in [-0.1, -0.05) is 12.1 Å². The molecule has 2 aromatic carbocycles. The summed E-state index contributed by atoms with van der Waals surface area (Å²) in [4.78, 5) is 16.5. The molecule has 0 fully saturated rings. The highest BCUT2D eigenvalue weighted by atomic mass is 32.1. The van der Waals surface area contributed by atoms with Gasteiger partial charge in [-0.15, -0.1) is 11.3 Å². The van der Waals surface area contributed by atoms with E-state index in [0.29, 0.717) is 27.9 Å². The molecule has 1 aliphatic rings. The van der Waals surface area contributed by atoms with E-state index in [2.05, 4.69) is 10.3 Å². The largest absolute Gasteiger partial charge is 0.454 e. The second kappa shape index (κ2) is 7.16. The lowest BCUT2D eigenvalue weighted by molar-refractivity contribution is -0.137. The first-order chi connectivity index (χ1) is 13.4. The molecule has 3 aromatic rings. The molecule has 0 radical (unpaired) electrons. The van der Waals surface area contributed by atoms with Crippen LogP contribution in [-0.4, -0.2) is 17.7 Å². The van der Waals surface area contributed by atoms with E-state index in [0.717, 1.165) is 17.7 Å². The average molecular weight is 406 g/mol. The Balaban J connectivity index is 1.40. The first kappa shape index (κ1) is 18.3. The fraction of sp³-hybridized carbons (Fsp3) is 0.158. The smallest absolute Gasteiger partial charge is 0.416 e. The second-order valence-electron chi connectivity index (χ2n) is 6.03. The Morgan fingerprint density at radius 1 is 1.11 bits per heavy atom. The third kappa shape index (κ3) is 3.94. The molecule has 1 amide bonds. The number of hydrogen-bond acceptors (Lipinski definition) is 5. The second-order valence-corrected chi connectivity index (χ2v) is 6.88. The molecule has 28 heavy (non-hydrogen) atoms. The molecule has 4 rings (SSSR count). The van der Waals surface area contributed by atoms with E-state index in [9.17, 15) is 18.0 Å². The number of benzene rings is 2. The van der Waals surface area contributed by atoms with Crippen LogP contribution in [0.4, 0.5) is 18.3 Å². The molecular formula is C19H13F3N2O3S. The number of amides is 1. The quantitative estimate of drug-likeness (QED) is 0.680. The number of rotatable bonds is 4. The summed E-state index contributed by atoms with van der Waals surface area (Å²) in [6.45, 7) is 0.182. The highest BCUT2D eigenvalue weighted by Crippen LogP contribution is 2.36. The standard InChI is InChI=1S/C19H13F3N2O3S/c20-19(21,22)13-4-1-11(2-5-13)7-17(25)24-18-23-14(9-28-18)12-3-6-15-16(8-12)27-10-26-15/h1-6,8-9H,7,10H2,(H,23,24,25). The van der Waals surface area contributed by atoms with Gasteiger partial charge < -0.3 is 14.8 Å². The lowest BCUT2D eigenvalue weighted by atomic mass is 10.1. The minimum Gasteiger partial charge on any atom is -0.454 e. The van der Waals surface area contributed by atoms with Crippen molar-refractivity contribution in [2.45, 2.75) is 12.6 Å². The predicted molar refractivity (Wildman–Crippen MR) is 97.5 cm³/mol. The minimum absolute atomic E-state index is 0.0446. The zero-order valence-corrected chi connectivity index (χ0v) is 15.1. The van der Waals surface area contributed by atoms with Crippen LogP contribution in [0.2, 0.25) is 0 Å². The SMILES string of the molecule is O=C(Cc1ccc(C(F)(F)F)cc1)Nc1nc(-c2ccc3c(c2)OCO3)cs1. The molecule has 0 spiro atoms. The van der Waals surface area contributed by atoms with Gasteiger partial charge in [-0.2, -0.15) is 13.2 Å². The molecule has 0 unspecified atom stereocenters. The van der Waals surface area contributed by atoms with Crippen molar-refractivity contribution in [1.82, 2.24) is 4.98 Å². The Hall–Kier alpha value is -3.07. The van der Waals surface area contributed by atoms with Crippen LogP contribution >= 0.6 is 11.3 Å². The summed E-state index contributed by atoms with van der Waals surface area (Å²) in [5.74, 6) is 0.953. The molecule has 0 saturated heterocycles. The van der Waals surface area contributed by atoms with Gasteiger partial charge in [-0.3, -0.25) is 4.79 Å². The monoisotopic (exact) mass is 406 g/mol. The van der Waals surface area contributed by atoms with Gasteiger partial charge in [0.05, 0.1) is 17.7 Å². The van der Waals surface area contributed by atoms with Crippen LogP contribution in [0.15, 0.2) is 47.8 Å². The maximum atomic E-state index is 12.6. The predicted octanol–water partition coefficient (Wildman–Crippen LogP) is 4.74. The third-order valence-corrected chi connectivity index (χ3v) is 4.82. The van der Waals surface area contributed by atoms with E-state index in [1.54, 1.807) is 11.4 Å². The highest BCUT2D eigenvalue weighted by Gasteiger charge is 2.30. The van der Waals surface area contributed by atoms with E-state index in [1.165, 1.54) is 23.5 Å². The lowest BCUT2D eigenvalue weighted by Gasteiger charge is -2.07. The maximum absolute atomic E-state index is 12.6. The summed E-state index contributed by atoms with van der Waals surface area (Å²) in [7, 11) is 0. The van der Waals surface area contributed by atoms with Crippen LogP contribution in [0.3, 0.4) is 0 Å². The van der Waals surface area contributed by atoms with Gasteiger partial charge in [-0.25, -0.2) is 4.98 Å². The number of nitrogens with zero attached hydrogens (tertiary/aromatic N) is 1. The van der Waals surface area contributed by atoms with Gasteiger partial charge in [0.2, 0.25) is 12.7 Å². The van der Waals surface area contributed by atoms with Crippen LogP contribution in [0, 0.1) is 0 Å². The number of alkyl halides is 3. The molecule has 0 saturated carbocycles. The number of carbonyl (C=O) groups excluding carboxylic acids is 1. The van der Waals surface area contributed by atoms with E-state index in [-0.39, 0.29) is 19.1 Å². The number of carbonyl (C=O) groups is 1. The van der Waals surface area contributed by atoms with Crippen molar-refractivity contribution in [3.05, 3.63) is 59.0 Å². The number of thiazole rings is 1.